The molecule has 1 fully saturated rings. The van der Waals surface area contributed by atoms with Gasteiger partial charge in [-0.05, 0) is 27.7 Å². The molecule has 0 radical (unpaired) electrons. The van der Waals surface area contributed by atoms with E-state index in [0.717, 1.165) is 26.2 Å². The molecule has 0 aliphatic carbocycles. The fourth-order valence-electron chi connectivity index (χ4n) is 2.05. The summed E-state index contributed by atoms with van der Waals surface area (Å²) in [5, 5.41) is 0. The van der Waals surface area contributed by atoms with Crippen LogP contribution >= 0.6 is 0 Å². The minimum absolute atomic E-state index is 0.0968. The van der Waals surface area contributed by atoms with E-state index in [1.807, 2.05) is 13.8 Å². The second-order valence-corrected chi connectivity index (χ2v) is 4.59. The SMILES string of the molecule is CCOC(=O)C(C)N1CCN(C(C)C)CC1. The van der Waals surface area contributed by atoms with Crippen molar-refractivity contribution in [3.05, 3.63) is 0 Å². The summed E-state index contributed by atoms with van der Waals surface area (Å²) in [4.78, 5) is 16.2. The Balaban J connectivity index is 2.38. The van der Waals surface area contributed by atoms with Crippen molar-refractivity contribution < 1.29 is 9.53 Å². The minimum Gasteiger partial charge on any atom is -0.465 e. The van der Waals surface area contributed by atoms with E-state index in [9.17, 15) is 4.79 Å². The summed E-state index contributed by atoms with van der Waals surface area (Å²) in [6.07, 6.45) is 0. The third-order valence-corrected chi connectivity index (χ3v) is 3.25. The van der Waals surface area contributed by atoms with E-state index in [-0.39, 0.29) is 12.0 Å². The van der Waals surface area contributed by atoms with Crippen molar-refractivity contribution in [2.75, 3.05) is 32.8 Å². The zero-order valence-electron chi connectivity index (χ0n) is 10.9. The maximum atomic E-state index is 11.6. The van der Waals surface area contributed by atoms with E-state index < -0.39 is 0 Å². The van der Waals surface area contributed by atoms with Crippen LogP contribution in [0.25, 0.3) is 0 Å². The molecule has 16 heavy (non-hydrogen) atoms. The van der Waals surface area contributed by atoms with Gasteiger partial charge in [0.1, 0.15) is 6.04 Å². The molecule has 0 saturated carbocycles. The van der Waals surface area contributed by atoms with Gasteiger partial charge in [0.05, 0.1) is 6.61 Å². The van der Waals surface area contributed by atoms with Crippen LogP contribution in [-0.4, -0.2) is 60.6 Å². The molecule has 1 heterocycles. The Hall–Kier alpha value is -0.610. The number of carbonyl (C=O) groups excluding carboxylic acids is 1. The van der Waals surface area contributed by atoms with Gasteiger partial charge in [-0.1, -0.05) is 0 Å². The van der Waals surface area contributed by atoms with E-state index >= 15 is 0 Å². The molecule has 0 aromatic carbocycles. The number of rotatable bonds is 4. The van der Waals surface area contributed by atoms with Crippen molar-refractivity contribution in [1.29, 1.82) is 0 Å². The molecule has 0 aromatic rings. The Labute approximate surface area is 98.5 Å². The lowest BCUT2D eigenvalue weighted by molar-refractivity contribution is -0.149. The smallest absolute Gasteiger partial charge is 0.323 e. The Kier molecular flexibility index (Phi) is 5.22. The molecule has 1 aliphatic rings. The van der Waals surface area contributed by atoms with Gasteiger partial charge in [0.25, 0.3) is 0 Å². The van der Waals surface area contributed by atoms with Crippen LogP contribution in [0.5, 0.6) is 0 Å². The molecule has 0 bridgehead atoms. The van der Waals surface area contributed by atoms with Crippen LogP contribution in [0.1, 0.15) is 27.7 Å². The fraction of sp³-hybridized carbons (Fsp3) is 0.917. The van der Waals surface area contributed by atoms with Crippen molar-refractivity contribution in [3.63, 3.8) is 0 Å². The number of hydrogen-bond donors (Lipinski definition) is 0. The first kappa shape index (κ1) is 13.5. The Morgan fingerprint density at radius 2 is 1.62 bits per heavy atom. The maximum absolute atomic E-state index is 11.6. The summed E-state index contributed by atoms with van der Waals surface area (Å²) in [5.41, 5.74) is 0. The zero-order valence-corrected chi connectivity index (χ0v) is 10.9. The third-order valence-electron chi connectivity index (χ3n) is 3.25. The molecular weight excluding hydrogens is 204 g/mol. The lowest BCUT2D eigenvalue weighted by Crippen LogP contribution is -2.53. The highest BCUT2D eigenvalue weighted by molar-refractivity contribution is 5.75. The number of esters is 1. The zero-order chi connectivity index (χ0) is 12.1. The van der Waals surface area contributed by atoms with Crippen LogP contribution in [0, 0.1) is 0 Å². The molecule has 0 aromatic heterocycles. The largest absolute Gasteiger partial charge is 0.465 e. The second kappa shape index (κ2) is 6.21. The van der Waals surface area contributed by atoms with Crippen LogP contribution in [0.3, 0.4) is 0 Å². The third kappa shape index (κ3) is 3.46. The minimum atomic E-state index is -0.103. The topological polar surface area (TPSA) is 32.8 Å². The van der Waals surface area contributed by atoms with E-state index in [2.05, 4.69) is 23.6 Å². The van der Waals surface area contributed by atoms with Crippen molar-refractivity contribution in [1.82, 2.24) is 9.80 Å². The van der Waals surface area contributed by atoms with Crippen LogP contribution in [0.4, 0.5) is 0 Å². The highest BCUT2D eigenvalue weighted by Crippen LogP contribution is 2.09. The molecule has 1 saturated heterocycles. The van der Waals surface area contributed by atoms with Crippen molar-refractivity contribution in [2.24, 2.45) is 0 Å². The van der Waals surface area contributed by atoms with Gasteiger partial charge in [-0.15, -0.1) is 0 Å². The number of ether oxygens (including phenoxy) is 1. The van der Waals surface area contributed by atoms with Crippen molar-refractivity contribution in [3.8, 4) is 0 Å². The highest BCUT2D eigenvalue weighted by atomic mass is 16.5. The van der Waals surface area contributed by atoms with Gasteiger partial charge in [0.15, 0.2) is 0 Å². The first-order valence-electron chi connectivity index (χ1n) is 6.21. The van der Waals surface area contributed by atoms with Crippen LogP contribution in [0.15, 0.2) is 0 Å². The summed E-state index contributed by atoms with van der Waals surface area (Å²) in [7, 11) is 0. The highest BCUT2D eigenvalue weighted by Gasteiger charge is 2.26. The fourth-order valence-corrected chi connectivity index (χ4v) is 2.05. The normalized spacial score (nSPS) is 21.1. The molecule has 1 aliphatic heterocycles. The second-order valence-electron chi connectivity index (χ2n) is 4.59. The van der Waals surface area contributed by atoms with Gasteiger partial charge < -0.3 is 4.74 Å². The number of carbonyl (C=O) groups is 1. The molecule has 1 unspecified atom stereocenters. The quantitative estimate of drug-likeness (QED) is 0.671. The molecule has 4 nitrogen and oxygen atoms in total. The van der Waals surface area contributed by atoms with E-state index in [0.29, 0.717) is 12.6 Å². The van der Waals surface area contributed by atoms with Crippen molar-refractivity contribution >= 4 is 5.97 Å². The number of nitrogens with zero attached hydrogens (tertiary/aromatic N) is 2. The van der Waals surface area contributed by atoms with E-state index in [1.54, 1.807) is 0 Å². The molecule has 1 rings (SSSR count). The predicted molar refractivity (Wildman–Crippen MR) is 64.4 cm³/mol. The van der Waals surface area contributed by atoms with Crippen LogP contribution in [-0.2, 0) is 9.53 Å². The maximum Gasteiger partial charge on any atom is 0.323 e. The Morgan fingerprint density at radius 3 is 2.06 bits per heavy atom. The lowest BCUT2D eigenvalue weighted by atomic mass is 10.2. The summed E-state index contributed by atoms with van der Waals surface area (Å²) < 4.78 is 5.04. The molecule has 1 atom stereocenters. The summed E-state index contributed by atoms with van der Waals surface area (Å²) in [6, 6.07) is 0.495. The average Bonchev–Trinajstić information content (AvgIpc) is 2.28. The van der Waals surface area contributed by atoms with E-state index in [4.69, 9.17) is 4.74 Å². The van der Waals surface area contributed by atoms with E-state index in [1.165, 1.54) is 0 Å². The molecule has 4 heteroatoms. The van der Waals surface area contributed by atoms with Gasteiger partial charge in [0, 0.05) is 32.2 Å². The van der Waals surface area contributed by atoms with Crippen LogP contribution < -0.4 is 0 Å². The molecule has 94 valence electrons. The standard InChI is InChI=1S/C12H24N2O2/c1-5-16-12(15)11(4)14-8-6-13(7-9-14)10(2)3/h10-11H,5-9H2,1-4H3. The van der Waals surface area contributed by atoms with Crippen molar-refractivity contribution in [2.45, 2.75) is 39.8 Å². The molecular formula is C12H24N2O2. The van der Waals surface area contributed by atoms with Gasteiger partial charge in [-0.2, -0.15) is 0 Å². The van der Waals surface area contributed by atoms with Gasteiger partial charge in [-0.25, -0.2) is 0 Å². The number of hydrogen-bond acceptors (Lipinski definition) is 4. The average molecular weight is 228 g/mol. The predicted octanol–water partition coefficient (Wildman–Crippen LogP) is 0.964. The Morgan fingerprint density at radius 1 is 1.12 bits per heavy atom. The first-order valence-corrected chi connectivity index (χ1v) is 6.21. The molecule has 0 N–H and O–H groups in total. The summed E-state index contributed by atoms with van der Waals surface area (Å²) in [6.45, 7) is 12.7. The molecule has 0 spiro atoms. The van der Waals surface area contributed by atoms with Gasteiger partial charge in [-0.3, -0.25) is 14.6 Å². The van der Waals surface area contributed by atoms with Gasteiger partial charge >= 0.3 is 5.97 Å². The van der Waals surface area contributed by atoms with Crippen LogP contribution in [0.2, 0.25) is 0 Å². The molecule has 0 amide bonds. The summed E-state index contributed by atoms with van der Waals surface area (Å²) >= 11 is 0. The number of piperazine rings is 1. The van der Waals surface area contributed by atoms with Gasteiger partial charge in [0.2, 0.25) is 0 Å². The summed E-state index contributed by atoms with van der Waals surface area (Å²) in [5.74, 6) is -0.0968. The Bertz CT molecular complexity index is 223. The first-order chi connectivity index (χ1) is 7.56. The monoisotopic (exact) mass is 228 g/mol. The lowest BCUT2D eigenvalue weighted by Gasteiger charge is -2.38.